The van der Waals surface area contributed by atoms with E-state index in [2.05, 4.69) is 0 Å². The van der Waals surface area contributed by atoms with Crippen LogP contribution in [0.3, 0.4) is 0 Å². The molecule has 82 valence electrons. The molecule has 1 aliphatic rings. The monoisotopic (exact) mass is 217 g/mol. The quantitative estimate of drug-likeness (QED) is 0.668. The topological polar surface area (TPSA) is 18.5 Å². The second kappa shape index (κ2) is 3.68. The molecule has 0 spiro atoms. The van der Waals surface area contributed by atoms with Crippen molar-refractivity contribution in [3.05, 3.63) is 18.2 Å². The SMILES string of the molecule is F[B-](F)(F)c1ccc2c(c1)OCCCO2. The smallest absolute Gasteiger partial charge is 0.490 e. The lowest BCUT2D eigenvalue weighted by molar-refractivity contribution is 0.297. The molecule has 1 heterocycles. The molecule has 1 aliphatic heterocycles. The van der Waals surface area contributed by atoms with Crippen molar-refractivity contribution in [1.82, 2.24) is 0 Å². The first kappa shape index (κ1) is 10.2. The standard InChI is InChI=1S/C9H9BF3O2/c11-10(12,13)7-2-3-8-9(6-7)15-5-1-4-14-8/h2-3,6H,1,4-5H2/q-1. The number of fused-ring (bicyclic) bond motifs is 1. The van der Waals surface area contributed by atoms with Crippen molar-refractivity contribution in [3.63, 3.8) is 0 Å². The lowest BCUT2D eigenvalue weighted by atomic mass is 9.80. The van der Waals surface area contributed by atoms with Gasteiger partial charge in [0.1, 0.15) is 0 Å². The van der Waals surface area contributed by atoms with Crippen molar-refractivity contribution < 1.29 is 22.4 Å². The van der Waals surface area contributed by atoms with Crippen LogP contribution in [0.2, 0.25) is 0 Å². The molecule has 0 saturated carbocycles. The molecule has 0 amide bonds. The summed E-state index contributed by atoms with van der Waals surface area (Å²) in [6.45, 7) is -4.11. The summed E-state index contributed by atoms with van der Waals surface area (Å²) in [6, 6.07) is 3.33. The van der Waals surface area contributed by atoms with Crippen molar-refractivity contribution in [2.45, 2.75) is 6.42 Å². The van der Waals surface area contributed by atoms with Crippen LogP contribution in [0.1, 0.15) is 6.42 Å². The maximum atomic E-state index is 12.4. The Kier molecular flexibility index (Phi) is 2.50. The van der Waals surface area contributed by atoms with Crippen molar-refractivity contribution in [3.8, 4) is 11.5 Å². The highest BCUT2D eigenvalue weighted by molar-refractivity contribution is 6.73. The van der Waals surface area contributed by atoms with Crippen LogP contribution in [0.4, 0.5) is 12.9 Å². The third-order valence-electron chi connectivity index (χ3n) is 2.15. The van der Waals surface area contributed by atoms with E-state index in [4.69, 9.17) is 9.47 Å². The minimum absolute atomic E-state index is 0.184. The fraction of sp³-hybridized carbons (Fsp3) is 0.333. The number of hydrogen-bond donors (Lipinski definition) is 0. The van der Waals surface area contributed by atoms with Gasteiger partial charge in [-0.25, -0.2) is 0 Å². The predicted octanol–water partition coefficient (Wildman–Crippen LogP) is 1.90. The highest BCUT2D eigenvalue weighted by Crippen LogP contribution is 2.29. The minimum atomic E-state index is -4.97. The zero-order valence-corrected chi connectivity index (χ0v) is 7.88. The molecule has 15 heavy (non-hydrogen) atoms. The molecule has 0 aliphatic carbocycles. The molecule has 0 aromatic heterocycles. The van der Waals surface area contributed by atoms with Crippen LogP contribution in [0.5, 0.6) is 11.5 Å². The molecular formula is C9H9BF3O2-. The van der Waals surface area contributed by atoms with E-state index in [-0.39, 0.29) is 5.75 Å². The van der Waals surface area contributed by atoms with E-state index in [0.29, 0.717) is 25.4 Å². The molecule has 0 N–H and O–H groups in total. The summed E-state index contributed by atoms with van der Waals surface area (Å²) in [4.78, 5) is 0. The molecule has 0 saturated heterocycles. The Morgan fingerprint density at radius 1 is 1.00 bits per heavy atom. The zero-order valence-electron chi connectivity index (χ0n) is 7.88. The highest BCUT2D eigenvalue weighted by Gasteiger charge is 2.27. The Hall–Kier alpha value is -1.33. The van der Waals surface area contributed by atoms with Crippen LogP contribution in [0, 0.1) is 0 Å². The van der Waals surface area contributed by atoms with Crippen LogP contribution in [-0.4, -0.2) is 20.2 Å². The van der Waals surface area contributed by atoms with Crippen LogP contribution in [-0.2, 0) is 0 Å². The van der Waals surface area contributed by atoms with Crippen molar-refractivity contribution in [2.75, 3.05) is 13.2 Å². The Morgan fingerprint density at radius 2 is 1.67 bits per heavy atom. The van der Waals surface area contributed by atoms with E-state index >= 15 is 0 Å². The summed E-state index contributed by atoms with van der Waals surface area (Å²) in [7, 11) is 0. The Labute approximate surface area is 85.1 Å². The van der Waals surface area contributed by atoms with E-state index in [0.717, 1.165) is 12.1 Å². The van der Waals surface area contributed by atoms with E-state index in [1.807, 2.05) is 0 Å². The van der Waals surface area contributed by atoms with Crippen LogP contribution < -0.4 is 14.9 Å². The van der Waals surface area contributed by atoms with Gasteiger partial charge in [-0.2, -0.15) is 0 Å². The van der Waals surface area contributed by atoms with Gasteiger partial charge in [0.05, 0.1) is 13.2 Å². The first-order valence-corrected chi connectivity index (χ1v) is 4.67. The van der Waals surface area contributed by atoms with Gasteiger partial charge >= 0.3 is 6.98 Å². The molecule has 1 aromatic rings. The summed E-state index contributed by atoms with van der Waals surface area (Å²) >= 11 is 0. The van der Waals surface area contributed by atoms with Crippen molar-refractivity contribution >= 4 is 12.4 Å². The average molecular weight is 217 g/mol. The third-order valence-corrected chi connectivity index (χ3v) is 2.15. The maximum Gasteiger partial charge on any atom is 0.509 e. The van der Waals surface area contributed by atoms with Crippen LogP contribution in [0.25, 0.3) is 0 Å². The van der Waals surface area contributed by atoms with E-state index in [1.165, 1.54) is 6.07 Å². The number of benzene rings is 1. The number of halogens is 3. The van der Waals surface area contributed by atoms with Gasteiger partial charge in [0.2, 0.25) is 0 Å². The van der Waals surface area contributed by atoms with E-state index < -0.39 is 12.4 Å². The Balaban J connectivity index is 2.36. The molecule has 2 nitrogen and oxygen atoms in total. The summed E-state index contributed by atoms with van der Waals surface area (Å²) in [5, 5.41) is 0. The maximum absolute atomic E-state index is 12.4. The molecule has 6 heteroatoms. The second-order valence-corrected chi connectivity index (χ2v) is 3.33. The van der Waals surface area contributed by atoms with Gasteiger partial charge in [-0.3, -0.25) is 0 Å². The molecule has 0 radical (unpaired) electrons. The predicted molar refractivity (Wildman–Crippen MR) is 50.8 cm³/mol. The third kappa shape index (κ3) is 2.19. The molecular weight excluding hydrogens is 208 g/mol. The normalized spacial score (nSPS) is 15.9. The number of hydrogen-bond acceptors (Lipinski definition) is 2. The summed E-state index contributed by atoms with van der Waals surface area (Å²) in [5.74, 6) is 0.570. The summed E-state index contributed by atoms with van der Waals surface area (Å²) in [5.41, 5.74) is -0.653. The van der Waals surface area contributed by atoms with Crippen molar-refractivity contribution in [1.29, 1.82) is 0 Å². The van der Waals surface area contributed by atoms with Gasteiger partial charge in [-0.1, -0.05) is 6.07 Å². The van der Waals surface area contributed by atoms with Crippen molar-refractivity contribution in [2.24, 2.45) is 0 Å². The summed E-state index contributed by atoms with van der Waals surface area (Å²) in [6.07, 6.45) is 0.682. The largest absolute Gasteiger partial charge is 0.509 e. The van der Waals surface area contributed by atoms with Gasteiger partial charge in [0.15, 0.2) is 11.5 Å². The molecule has 2 rings (SSSR count). The van der Waals surface area contributed by atoms with Gasteiger partial charge in [0.25, 0.3) is 0 Å². The Morgan fingerprint density at radius 3 is 2.33 bits per heavy atom. The number of ether oxygens (including phenoxy) is 2. The van der Waals surface area contributed by atoms with Gasteiger partial charge in [-0.15, -0.1) is 5.46 Å². The fourth-order valence-corrected chi connectivity index (χ4v) is 1.38. The first-order valence-electron chi connectivity index (χ1n) is 4.67. The van der Waals surface area contributed by atoms with Gasteiger partial charge in [0, 0.05) is 6.42 Å². The zero-order chi connectivity index (χ0) is 10.9. The van der Waals surface area contributed by atoms with E-state index in [9.17, 15) is 12.9 Å². The Bertz CT molecular complexity index is 365. The van der Waals surface area contributed by atoms with E-state index in [1.54, 1.807) is 0 Å². The first-order chi connectivity index (χ1) is 7.07. The molecule has 0 atom stereocenters. The minimum Gasteiger partial charge on any atom is -0.490 e. The molecule has 0 unspecified atom stereocenters. The lowest BCUT2D eigenvalue weighted by Crippen LogP contribution is -2.33. The molecule has 0 bridgehead atoms. The summed E-state index contributed by atoms with van der Waals surface area (Å²) < 4.78 is 47.7. The second-order valence-electron chi connectivity index (χ2n) is 3.33. The van der Waals surface area contributed by atoms with Gasteiger partial charge in [-0.05, 0) is 12.1 Å². The van der Waals surface area contributed by atoms with Crippen LogP contribution >= 0.6 is 0 Å². The molecule has 1 aromatic carbocycles. The van der Waals surface area contributed by atoms with Crippen LogP contribution in [0.15, 0.2) is 18.2 Å². The van der Waals surface area contributed by atoms with Gasteiger partial charge < -0.3 is 22.4 Å². The lowest BCUT2D eigenvalue weighted by Gasteiger charge is -2.16. The molecule has 0 fully saturated rings. The fourth-order valence-electron chi connectivity index (χ4n) is 1.38. The average Bonchev–Trinajstić information content (AvgIpc) is 2.39. The number of rotatable bonds is 1. The highest BCUT2D eigenvalue weighted by atomic mass is 19.4.